The summed E-state index contributed by atoms with van der Waals surface area (Å²) in [5.41, 5.74) is 6.51. The highest BCUT2D eigenvalue weighted by Gasteiger charge is 2.44. The van der Waals surface area contributed by atoms with E-state index in [4.69, 9.17) is 5.73 Å². The second-order valence-electron chi connectivity index (χ2n) is 9.68. The largest absolute Gasteiger partial charge is 0.369 e. The van der Waals surface area contributed by atoms with Gasteiger partial charge in [-0.15, -0.1) is 0 Å². The van der Waals surface area contributed by atoms with E-state index in [1.165, 1.54) is 30.3 Å². The number of aromatic amines is 1. The normalized spacial score (nSPS) is 15.6. The number of rotatable bonds is 9. The van der Waals surface area contributed by atoms with Crippen LogP contribution in [0.25, 0.3) is 17.0 Å². The van der Waals surface area contributed by atoms with Crippen LogP contribution in [0.5, 0.6) is 0 Å². The minimum absolute atomic E-state index is 0.0790. The van der Waals surface area contributed by atoms with Gasteiger partial charge in [0.15, 0.2) is 0 Å². The average Bonchev–Trinajstić information content (AvgIpc) is 3.29. The van der Waals surface area contributed by atoms with E-state index in [2.05, 4.69) is 10.3 Å². The summed E-state index contributed by atoms with van der Waals surface area (Å²) < 4.78 is 26.9. The van der Waals surface area contributed by atoms with E-state index in [0.717, 1.165) is 16.5 Å². The first-order chi connectivity index (χ1) is 18.1. The lowest BCUT2D eigenvalue weighted by molar-refractivity contribution is -0.142. The van der Waals surface area contributed by atoms with Gasteiger partial charge >= 0.3 is 0 Å². The van der Waals surface area contributed by atoms with E-state index in [0.29, 0.717) is 44.5 Å². The van der Waals surface area contributed by atoms with E-state index >= 15 is 0 Å². The summed E-state index contributed by atoms with van der Waals surface area (Å²) in [7, 11) is 1.68. The van der Waals surface area contributed by atoms with Crippen LogP contribution in [0.15, 0.2) is 54.7 Å². The molecule has 0 aliphatic carbocycles. The fraction of sp³-hybridized carbons (Fsp3) is 0.321. The summed E-state index contributed by atoms with van der Waals surface area (Å²) in [4.78, 5) is 44.6. The molecule has 0 atom stereocenters. The highest BCUT2D eigenvalue weighted by atomic mass is 19.1. The summed E-state index contributed by atoms with van der Waals surface area (Å²) in [5, 5.41) is 3.67. The molecule has 4 rings (SSSR count). The number of hydrogen-bond acceptors (Lipinski definition) is 4. The molecule has 1 aliphatic rings. The van der Waals surface area contributed by atoms with Crippen molar-refractivity contribution in [1.82, 2.24) is 20.1 Å². The Bertz CT molecular complexity index is 1340. The number of nitrogens with two attached hydrogens (primary N) is 1. The molecule has 1 fully saturated rings. The molecule has 2 aromatic carbocycles. The molecule has 3 amide bonds. The zero-order chi connectivity index (χ0) is 27.3. The number of amides is 3. The van der Waals surface area contributed by atoms with Crippen LogP contribution in [0, 0.1) is 11.6 Å². The highest BCUT2D eigenvalue weighted by molar-refractivity contribution is 5.97. The maximum absolute atomic E-state index is 13.8. The summed E-state index contributed by atoms with van der Waals surface area (Å²) in [6.07, 6.45) is 5.78. The van der Waals surface area contributed by atoms with Crippen LogP contribution < -0.4 is 11.1 Å². The van der Waals surface area contributed by atoms with Crippen molar-refractivity contribution in [2.24, 2.45) is 5.73 Å². The number of likely N-dealkylation sites (tertiary alicyclic amines) is 1. The van der Waals surface area contributed by atoms with Gasteiger partial charge in [0.05, 0.1) is 6.54 Å². The molecule has 8 nitrogen and oxygen atoms in total. The quantitative estimate of drug-likeness (QED) is 0.375. The number of benzene rings is 2. The van der Waals surface area contributed by atoms with Crippen LogP contribution in [0.3, 0.4) is 0 Å². The maximum atomic E-state index is 13.8. The SMILES string of the molecule is CN(CCc1c[nH]c2ccc(F)cc12)C(=O)C1(NC(=O)/C=C/c2ccc(F)cc2)CCN(CC(N)=O)CC1. The molecule has 0 spiro atoms. The summed E-state index contributed by atoms with van der Waals surface area (Å²) in [6.45, 7) is 1.25. The molecule has 0 radical (unpaired) electrons. The van der Waals surface area contributed by atoms with Gasteiger partial charge in [-0.2, -0.15) is 0 Å². The third-order valence-corrected chi connectivity index (χ3v) is 6.95. The van der Waals surface area contributed by atoms with Gasteiger partial charge in [-0.1, -0.05) is 12.1 Å². The number of fused-ring (bicyclic) bond motifs is 1. The summed E-state index contributed by atoms with van der Waals surface area (Å²) in [6, 6.07) is 10.2. The molecule has 2 heterocycles. The first kappa shape index (κ1) is 27.0. The Morgan fingerprint density at radius 2 is 1.79 bits per heavy atom. The van der Waals surface area contributed by atoms with Crippen molar-refractivity contribution in [3.05, 3.63) is 77.5 Å². The third kappa shape index (κ3) is 6.44. The van der Waals surface area contributed by atoms with E-state index in [1.807, 2.05) is 11.1 Å². The Kier molecular flexibility index (Phi) is 8.21. The van der Waals surface area contributed by atoms with Crippen LogP contribution >= 0.6 is 0 Å². The number of hydrogen-bond donors (Lipinski definition) is 3. The number of aromatic nitrogens is 1. The first-order valence-corrected chi connectivity index (χ1v) is 12.4. The Morgan fingerprint density at radius 1 is 1.11 bits per heavy atom. The standard InChI is InChI=1S/C28H31F2N5O3/c1-34(13-10-20-17-32-24-8-7-22(30)16-23(20)24)27(38)28(11-14-35(15-12-28)18-25(31)36)33-26(37)9-4-19-2-5-21(29)6-3-19/h2-9,16-17,32H,10-15,18H2,1H3,(H2,31,36)(H,33,37)/b9-4+. The molecule has 38 heavy (non-hydrogen) atoms. The molecule has 4 N–H and O–H groups in total. The van der Waals surface area contributed by atoms with Gasteiger partial charge in [0.2, 0.25) is 17.7 Å². The van der Waals surface area contributed by atoms with Crippen molar-refractivity contribution < 1.29 is 23.2 Å². The molecule has 1 aliphatic heterocycles. The van der Waals surface area contributed by atoms with Crippen molar-refractivity contribution in [2.45, 2.75) is 24.8 Å². The number of likely N-dealkylation sites (N-methyl/N-ethyl adjacent to an activating group) is 1. The van der Waals surface area contributed by atoms with Crippen LogP contribution in [-0.2, 0) is 20.8 Å². The second kappa shape index (κ2) is 11.6. The molecule has 1 aromatic heterocycles. The second-order valence-corrected chi connectivity index (χ2v) is 9.68. The lowest BCUT2D eigenvalue weighted by Crippen LogP contribution is -2.63. The van der Waals surface area contributed by atoms with Gasteiger partial charge in [0.25, 0.3) is 0 Å². The molecule has 0 saturated carbocycles. The van der Waals surface area contributed by atoms with Crippen molar-refractivity contribution in [3.8, 4) is 0 Å². The number of piperidine rings is 1. The van der Waals surface area contributed by atoms with Crippen molar-refractivity contribution in [2.75, 3.05) is 33.2 Å². The Labute approximate surface area is 219 Å². The Balaban J connectivity index is 1.47. The number of nitrogens with zero attached hydrogens (tertiary/aromatic N) is 2. The highest BCUT2D eigenvalue weighted by Crippen LogP contribution is 2.26. The number of primary amides is 1. The molecule has 0 unspecified atom stereocenters. The fourth-order valence-corrected chi connectivity index (χ4v) is 4.84. The predicted molar refractivity (Wildman–Crippen MR) is 141 cm³/mol. The van der Waals surface area contributed by atoms with Gasteiger partial charge in [0.1, 0.15) is 17.2 Å². The first-order valence-electron chi connectivity index (χ1n) is 12.4. The number of halogens is 2. The molecular formula is C28H31F2N5O3. The molecule has 3 aromatic rings. The van der Waals surface area contributed by atoms with Gasteiger partial charge in [-0.05, 0) is 66.8 Å². The van der Waals surface area contributed by atoms with E-state index in [9.17, 15) is 23.2 Å². The maximum Gasteiger partial charge on any atom is 0.248 e. The number of nitrogens with one attached hydrogen (secondary N) is 2. The molecule has 10 heteroatoms. The minimum atomic E-state index is -1.17. The van der Waals surface area contributed by atoms with Crippen LogP contribution in [0.1, 0.15) is 24.0 Å². The molecule has 0 bridgehead atoms. The topological polar surface area (TPSA) is 112 Å². The summed E-state index contributed by atoms with van der Waals surface area (Å²) in [5.74, 6) is -1.86. The predicted octanol–water partition coefficient (Wildman–Crippen LogP) is 2.60. The van der Waals surface area contributed by atoms with Crippen molar-refractivity contribution in [1.29, 1.82) is 0 Å². The van der Waals surface area contributed by atoms with Crippen LogP contribution in [-0.4, -0.2) is 71.3 Å². The summed E-state index contributed by atoms with van der Waals surface area (Å²) >= 11 is 0. The van der Waals surface area contributed by atoms with Crippen LogP contribution in [0.4, 0.5) is 8.78 Å². The van der Waals surface area contributed by atoms with Gasteiger partial charge < -0.3 is 20.9 Å². The Morgan fingerprint density at radius 3 is 2.47 bits per heavy atom. The number of carbonyl (C=O) groups excluding carboxylic acids is 3. The lowest BCUT2D eigenvalue weighted by atomic mass is 9.85. The Hall–Kier alpha value is -4.05. The fourth-order valence-electron chi connectivity index (χ4n) is 4.84. The van der Waals surface area contributed by atoms with E-state index in [1.54, 1.807) is 36.2 Å². The average molecular weight is 524 g/mol. The lowest BCUT2D eigenvalue weighted by Gasteiger charge is -2.42. The van der Waals surface area contributed by atoms with Gasteiger partial charge in [-0.25, -0.2) is 8.78 Å². The minimum Gasteiger partial charge on any atom is -0.369 e. The number of H-pyrrole nitrogens is 1. The van der Waals surface area contributed by atoms with Gasteiger partial charge in [0, 0.05) is 49.9 Å². The molecule has 200 valence electrons. The zero-order valence-electron chi connectivity index (χ0n) is 21.2. The smallest absolute Gasteiger partial charge is 0.248 e. The van der Waals surface area contributed by atoms with E-state index < -0.39 is 17.4 Å². The molecule has 1 saturated heterocycles. The third-order valence-electron chi connectivity index (χ3n) is 6.95. The number of carbonyl (C=O) groups is 3. The zero-order valence-corrected chi connectivity index (χ0v) is 21.2. The van der Waals surface area contributed by atoms with Crippen LogP contribution in [0.2, 0.25) is 0 Å². The monoisotopic (exact) mass is 523 g/mol. The van der Waals surface area contributed by atoms with E-state index in [-0.39, 0.29) is 24.1 Å². The van der Waals surface area contributed by atoms with Gasteiger partial charge in [-0.3, -0.25) is 19.3 Å². The molecular weight excluding hydrogens is 492 g/mol. The van der Waals surface area contributed by atoms with Crippen molar-refractivity contribution in [3.63, 3.8) is 0 Å². The van der Waals surface area contributed by atoms with Crippen molar-refractivity contribution >= 4 is 34.7 Å².